The average molecular weight is 708 g/mol. The number of likely N-dealkylation sites (tertiary alicyclic amines) is 1. The van der Waals surface area contributed by atoms with Gasteiger partial charge >= 0.3 is 13.8 Å². The topological polar surface area (TPSA) is 201 Å². The van der Waals surface area contributed by atoms with Crippen LogP contribution in [0.15, 0.2) is 46.9 Å². The highest BCUT2D eigenvalue weighted by atomic mass is 32.2. The number of amides is 1. The van der Waals surface area contributed by atoms with Crippen LogP contribution >= 0.6 is 0 Å². The van der Waals surface area contributed by atoms with Gasteiger partial charge in [0.25, 0.3) is 0 Å². The van der Waals surface area contributed by atoms with Gasteiger partial charge in [0.1, 0.15) is 17.7 Å². The molecule has 1 saturated heterocycles. The van der Waals surface area contributed by atoms with E-state index in [1.165, 1.54) is 0 Å². The molecule has 4 aromatic heterocycles. The number of nitrogens with one attached hydrogen (secondary N) is 2. The van der Waals surface area contributed by atoms with E-state index < -0.39 is 23.7 Å². The van der Waals surface area contributed by atoms with Gasteiger partial charge in [-0.05, 0) is 60.6 Å². The third-order valence-corrected chi connectivity index (χ3v) is 12.9. The van der Waals surface area contributed by atoms with Crippen molar-refractivity contribution in [2.24, 2.45) is 33.7 Å². The summed E-state index contributed by atoms with van der Waals surface area (Å²) in [7, 11) is -2.94. The number of hydrogen-bond donors (Lipinski definition) is 4. The monoisotopic (exact) mass is 708 g/mol. The van der Waals surface area contributed by atoms with Crippen molar-refractivity contribution in [2.75, 3.05) is 37.5 Å². The number of aromatic amines is 2. The fourth-order valence-electron chi connectivity index (χ4n) is 8.16. The van der Waals surface area contributed by atoms with E-state index in [4.69, 9.17) is 10.3 Å². The van der Waals surface area contributed by atoms with E-state index in [0.29, 0.717) is 38.3 Å². The lowest BCUT2D eigenvalue weighted by atomic mass is 9.56. The van der Waals surface area contributed by atoms with Crippen molar-refractivity contribution in [1.82, 2.24) is 24.8 Å². The molecule has 2 atom stereocenters. The van der Waals surface area contributed by atoms with E-state index in [-0.39, 0.29) is 41.6 Å². The van der Waals surface area contributed by atoms with Gasteiger partial charge in [0.2, 0.25) is 5.91 Å². The van der Waals surface area contributed by atoms with Crippen LogP contribution in [0.2, 0.25) is 0 Å². The molecule has 0 unspecified atom stereocenters. The van der Waals surface area contributed by atoms with E-state index in [9.17, 15) is 23.3 Å². The Kier molecular flexibility index (Phi) is 9.88. The van der Waals surface area contributed by atoms with Crippen LogP contribution in [0.4, 0.5) is 0 Å². The number of carbonyl (C=O) groups excluding carboxylic acids is 1. The van der Waals surface area contributed by atoms with Crippen molar-refractivity contribution >= 4 is 74.0 Å². The van der Waals surface area contributed by atoms with Gasteiger partial charge in [-0.3, -0.25) is 14.8 Å². The molecule has 4 N–H and O–H groups in total. The van der Waals surface area contributed by atoms with Crippen molar-refractivity contribution < 1.29 is 23.3 Å². The SMILES string of the molecule is CCCS(=O)(=O)CC1CC(C2=NCB(O)c3cnc4[nH]ccc4c32)C1.C[C@@H]1CCN(C(=O)CC#N)C[C@@H]1C1=NCB(O)c2cnc3[nH]ccc3c21. The number of rotatable bonds is 7. The van der Waals surface area contributed by atoms with Crippen LogP contribution in [-0.2, 0) is 14.6 Å². The molecule has 264 valence electrons. The highest BCUT2D eigenvalue weighted by molar-refractivity contribution is 7.91. The normalized spacial score (nSPS) is 23.0. The predicted octanol–water partition coefficient (Wildman–Crippen LogP) is 1.44. The minimum absolute atomic E-state index is 0.0816. The molecular formula is C35H42B2N8O5S. The third-order valence-electron chi connectivity index (χ3n) is 10.9. The van der Waals surface area contributed by atoms with Crippen molar-refractivity contribution in [3.8, 4) is 6.07 Å². The number of carbonyl (C=O) groups is 1. The second-order valence-corrected chi connectivity index (χ2v) is 16.6. The van der Waals surface area contributed by atoms with Crippen LogP contribution in [-0.4, -0.2) is 112 Å². The third kappa shape index (κ3) is 6.86. The molecule has 3 aliphatic heterocycles. The summed E-state index contributed by atoms with van der Waals surface area (Å²) in [5.41, 5.74) is 7.09. The minimum Gasteiger partial charge on any atom is -0.445 e. The summed E-state index contributed by atoms with van der Waals surface area (Å²) >= 11 is 0. The zero-order chi connectivity index (χ0) is 35.9. The van der Waals surface area contributed by atoms with Crippen molar-refractivity contribution in [2.45, 2.75) is 46.0 Å². The first-order valence-corrected chi connectivity index (χ1v) is 19.6. The van der Waals surface area contributed by atoms with Crippen LogP contribution in [0.3, 0.4) is 0 Å². The molecule has 13 nitrogen and oxygen atoms in total. The zero-order valence-electron chi connectivity index (χ0n) is 28.9. The molecule has 51 heavy (non-hydrogen) atoms. The maximum atomic E-state index is 12.2. The second-order valence-electron chi connectivity index (χ2n) is 14.3. The van der Waals surface area contributed by atoms with Crippen molar-refractivity contribution in [1.29, 1.82) is 5.26 Å². The van der Waals surface area contributed by atoms with Crippen molar-refractivity contribution in [3.05, 3.63) is 48.0 Å². The maximum Gasteiger partial charge on any atom is 0.348 e. The highest BCUT2D eigenvalue weighted by Crippen LogP contribution is 2.39. The van der Waals surface area contributed by atoms with Gasteiger partial charge in [0.05, 0.1) is 18.3 Å². The molecular weight excluding hydrogens is 666 g/mol. The summed E-state index contributed by atoms with van der Waals surface area (Å²) in [5.74, 6) is 1.39. The van der Waals surface area contributed by atoms with Crippen LogP contribution in [0.5, 0.6) is 0 Å². The number of piperidine rings is 1. The summed E-state index contributed by atoms with van der Waals surface area (Å²) in [6.45, 7) is 4.04. The Bertz CT molecular complexity index is 2170. The minimum atomic E-state index is -2.94. The van der Waals surface area contributed by atoms with E-state index in [1.807, 2.05) is 37.5 Å². The Hall–Kier alpha value is -4.32. The smallest absolute Gasteiger partial charge is 0.348 e. The lowest BCUT2D eigenvalue weighted by molar-refractivity contribution is -0.132. The Balaban J connectivity index is 0.000000159. The van der Waals surface area contributed by atoms with Gasteiger partial charge in [-0.2, -0.15) is 5.26 Å². The molecule has 2 fully saturated rings. The summed E-state index contributed by atoms with van der Waals surface area (Å²) < 4.78 is 24.0. The van der Waals surface area contributed by atoms with E-state index in [1.54, 1.807) is 17.3 Å². The first-order valence-electron chi connectivity index (χ1n) is 17.8. The number of pyridine rings is 2. The fraction of sp³-hybridized carbons (Fsp3) is 0.486. The van der Waals surface area contributed by atoms with E-state index in [0.717, 1.165) is 74.8 Å². The second kappa shape index (κ2) is 14.4. The predicted molar refractivity (Wildman–Crippen MR) is 199 cm³/mol. The Labute approximate surface area is 297 Å². The van der Waals surface area contributed by atoms with E-state index >= 15 is 0 Å². The van der Waals surface area contributed by atoms with E-state index in [2.05, 4.69) is 31.9 Å². The number of hydrogen-bond acceptors (Lipinski definition) is 10. The number of aromatic nitrogens is 4. The Morgan fingerprint density at radius 2 is 1.59 bits per heavy atom. The molecule has 1 amide bonds. The maximum absolute atomic E-state index is 12.2. The molecule has 0 bridgehead atoms. The first kappa shape index (κ1) is 35.1. The molecule has 4 aromatic rings. The number of aliphatic imine (C=N–C) groups is 2. The van der Waals surface area contributed by atoms with Gasteiger partial charge in [0.15, 0.2) is 9.84 Å². The summed E-state index contributed by atoms with van der Waals surface area (Å²) in [6, 6.07) is 5.87. The largest absolute Gasteiger partial charge is 0.445 e. The molecule has 4 aliphatic rings. The number of H-pyrrole nitrogens is 2. The zero-order valence-corrected chi connectivity index (χ0v) is 29.7. The molecule has 1 aliphatic carbocycles. The van der Waals surface area contributed by atoms with Gasteiger partial charge in [-0.1, -0.05) is 13.8 Å². The Morgan fingerprint density at radius 3 is 2.18 bits per heavy atom. The van der Waals surface area contributed by atoms with Crippen LogP contribution in [0, 0.1) is 35.0 Å². The van der Waals surface area contributed by atoms with Gasteiger partial charge in [0, 0.05) is 95.2 Å². The number of fused-ring (bicyclic) bond motifs is 6. The molecule has 0 spiro atoms. The summed E-state index contributed by atoms with van der Waals surface area (Å²) in [6.07, 6.45) is 11.0. The van der Waals surface area contributed by atoms with Crippen LogP contribution < -0.4 is 10.9 Å². The molecule has 8 rings (SSSR count). The molecule has 16 heteroatoms. The first-order chi connectivity index (χ1) is 24.6. The Morgan fingerprint density at radius 1 is 1.00 bits per heavy atom. The van der Waals surface area contributed by atoms with Gasteiger partial charge < -0.3 is 24.9 Å². The highest BCUT2D eigenvalue weighted by Gasteiger charge is 2.40. The standard InChI is InChI=1S/C18H20BN5O2.C17H22BN3O3S/c1-11-4-7-24(15(25)2-5-20)9-13(11)17-16-12-3-6-21-18(12)22-8-14(16)19(26)10-23-17;1-2-5-25(23,24)9-11-6-12(7-11)16-15-13-3-4-19-17(13)20-8-14(15)18(22)10-21-16/h3,6,8,11,13,26H,2,4,7,9-10H2,1H3,(H,21,22);3-4,8,11-12,22H,2,5-7,9-10H2,1H3,(H,19,20)/t11-,13+;/m1./s1. The molecule has 7 heterocycles. The lowest BCUT2D eigenvalue weighted by Gasteiger charge is -2.39. The van der Waals surface area contributed by atoms with Crippen molar-refractivity contribution in [3.63, 3.8) is 0 Å². The molecule has 1 saturated carbocycles. The number of sulfone groups is 1. The molecule has 0 aromatic carbocycles. The summed E-state index contributed by atoms with van der Waals surface area (Å²) in [5, 5.41) is 31.4. The van der Waals surface area contributed by atoms with Gasteiger partial charge in [-0.25, -0.2) is 18.4 Å². The van der Waals surface area contributed by atoms with Gasteiger partial charge in [-0.15, -0.1) is 0 Å². The number of nitrogens with zero attached hydrogens (tertiary/aromatic N) is 6. The average Bonchev–Trinajstić information content (AvgIpc) is 3.78. The number of nitriles is 1. The summed E-state index contributed by atoms with van der Waals surface area (Å²) in [4.78, 5) is 38.3. The fourth-order valence-corrected chi connectivity index (χ4v) is 9.94. The van der Waals surface area contributed by atoms with Crippen LogP contribution in [0.25, 0.3) is 22.1 Å². The lowest BCUT2D eigenvalue weighted by Crippen LogP contribution is -2.50. The quantitative estimate of drug-likeness (QED) is 0.207. The molecule has 0 radical (unpaired) electrons. The van der Waals surface area contributed by atoms with Crippen LogP contribution in [0.1, 0.15) is 57.1 Å².